The molecule has 0 radical (unpaired) electrons. The average Bonchev–Trinajstić information content (AvgIpc) is 3.68. The van der Waals surface area contributed by atoms with E-state index >= 15 is 0 Å². The molecule has 3 nitrogen and oxygen atoms in total. The van der Waals surface area contributed by atoms with E-state index in [9.17, 15) is 0 Å². The van der Waals surface area contributed by atoms with Crippen LogP contribution in [-0.2, 0) is 5.41 Å². The van der Waals surface area contributed by atoms with E-state index in [1.807, 2.05) is 12.3 Å². The first-order valence-electron chi connectivity index (χ1n) is 14.3. The molecule has 0 atom stereocenters. The third-order valence-corrected chi connectivity index (χ3v) is 9.33. The van der Waals surface area contributed by atoms with E-state index in [1.165, 1.54) is 33.4 Å². The third kappa shape index (κ3) is 2.57. The standard InChI is InChI=1S/C39H22N2O/c1-4-14-29-25(10-1)26-11-2-5-15-30(26)39(29)31-16-7-13-27(34(31)38-35(39)28-12-3-6-17-33(28)42-38)32-21-20-24-19-18-23-9-8-22-40-36(23)37(24)41-32/h1-22H. The Kier molecular flexibility index (Phi) is 4.12. The molecule has 42 heavy (non-hydrogen) atoms. The zero-order valence-electron chi connectivity index (χ0n) is 22.5. The van der Waals surface area contributed by atoms with Crippen LogP contribution in [0.5, 0.6) is 0 Å². The maximum absolute atomic E-state index is 6.83. The Labute approximate surface area is 241 Å². The first-order valence-corrected chi connectivity index (χ1v) is 14.3. The van der Waals surface area contributed by atoms with Crippen LogP contribution in [0.3, 0.4) is 0 Å². The molecule has 5 aromatic carbocycles. The summed E-state index contributed by atoms with van der Waals surface area (Å²) < 4.78 is 6.83. The van der Waals surface area contributed by atoms with Gasteiger partial charge in [-0.05, 0) is 46.0 Å². The Bertz CT molecular complexity index is 2390. The number of nitrogens with zero attached hydrogens (tertiary/aromatic N) is 2. The molecule has 0 saturated heterocycles. The molecule has 0 N–H and O–H groups in total. The monoisotopic (exact) mass is 534 g/mol. The number of aromatic nitrogens is 2. The lowest BCUT2D eigenvalue weighted by Gasteiger charge is -2.30. The van der Waals surface area contributed by atoms with Crippen LogP contribution in [0, 0.1) is 0 Å². The molecule has 3 heterocycles. The number of benzene rings is 5. The highest BCUT2D eigenvalue weighted by Crippen LogP contribution is 2.65. The quantitative estimate of drug-likeness (QED) is 0.197. The van der Waals surface area contributed by atoms with Gasteiger partial charge in [0.1, 0.15) is 11.3 Å². The highest BCUT2D eigenvalue weighted by atomic mass is 16.3. The second kappa shape index (κ2) is 7.80. The molecule has 3 heteroatoms. The number of pyridine rings is 2. The summed E-state index contributed by atoms with van der Waals surface area (Å²) in [5.74, 6) is 0.936. The largest absolute Gasteiger partial charge is 0.456 e. The van der Waals surface area contributed by atoms with Gasteiger partial charge in [0, 0.05) is 39.0 Å². The summed E-state index contributed by atoms with van der Waals surface area (Å²) >= 11 is 0. The van der Waals surface area contributed by atoms with Crippen LogP contribution in [0.2, 0.25) is 0 Å². The van der Waals surface area contributed by atoms with Gasteiger partial charge in [-0.25, -0.2) is 4.98 Å². The van der Waals surface area contributed by atoms with E-state index in [2.05, 4.69) is 121 Å². The van der Waals surface area contributed by atoms with E-state index in [-0.39, 0.29) is 0 Å². The topological polar surface area (TPSA) is 38.9 Å². The normalized spacial score (nSPS) is 13.9. The molecule has 2 aliphatic rings. The second-order valence-corrected chi connectivity index (χ2v) is 11.3. The molecule has 0 unspecified atom stereocenters. The number of hydrogen-bond acceptors (Lipinski definition) is 3. The maximum Gasteiger partial charge on any atom is 0.141 e. The minimum Gasteiger partial charge on any atom is -0.456 e. The minimum absolute atomic E-state index is 0.481. The molecule has 8 aromatic rings. The summed E-state index contributed by atoms with van der Waals surface area (Å²) in [6, 6.07) is 45.5. The molecule has 1 spiro atoms. The lowest BCUT2D eigenvalue weighted by atomic mass is 9.70. The first-order chi connectivity index (χ1) is 20.8. The van der Waals surface area contributed by atoms with Crippen molar-refractivity contribution in [3.05, 3.63) is 156 Å². The van der Waals surface area contributed by atoms with Gasteiger partial charge in [0.25, 0.3) is 0 Å². The van der Waals surface area contributed by atoms with E-state index in [0.29, 0.717) is 0 Å². The third-order valence-electron chi connectivity index (χ3n) is 9.33. The highest BCUT2D eigenvalue weighted by molar-refractivity contribution is 6.06. The van der Waals surface area contributed by atoms with E-state index in [0.717, 1.165) is 55.4 Å². The average molecular weight is 535 g/mol. The molecule has 0 amide bonds. The van der Waals surface area contributed by atoms with Gasteiger partial charge < -0.3 is 4.42 Å². The Morgan fingerprint density at radius 1 is 0.524 bits per heavy atom. The minimum atomic E-state index is -0.481. The molecule has 2 aliphatic carbocycles. The Balaban J connectivity index is 1.36. The number of rotatable bonds is 1. The fraction of sp³-hybridized carbons (Fsp3) is 0.0256. The van der Waals surface area contributed by atoms with Crippen LogP contribution < -0.4 is 0 Å². The van der Waals surface area contributed by atoms with Crippen LogP contribution in [0.1, 0.15) is 22.3 Å². The fourth-order valence-corrected chi connectivity index (χ4v) is 7.72. The summed E-state index contributed by atoms with van der Waals surface area (Å²) in [5, 5.41) is 3.32. The van der Waals surface area contributed by atoms with Crippen molar-refractivity contribution in [3.8, 4) is 33.7 Å². The van der Waals surface area contributed by atoms with E-state index < -0.39 is 5.41 Å². The van der Waals surface area contributed by atoms with Crippen molar-refractivity contribution in [1.29, 1.82) is 0 Å². The van der Waals surface area contributed by atoms with Crippen molar-refractivity contribution >= 4 is 32.8 Å². The predicted octanol–water partition coefficient (Wildman–Crippen LogP) is 9.54. The maximum atomic E-state index is 6.83. The molecule has 0 saturated carbocycles. The Morgan fingerprint density at radius 2 is 1.19 bits per heavy atom. The van der Waals surface area contributed by atoms with Crippen molar-refractivity contribution in [2.24, 2.45) is 0 Å². The van der Waals surface area contributed by atoms with E-state index in [1.54, 1.807) is 0 Å². The zero-order valence-corrected chi connectivity index (χ0v) is 22.5. The Hall–Kier alpha value is -5.54. The summed E-state index contributed by atoms with van der Waals surface area (Å²) in [5.41, 5.74) is 13.0. The molecular formula is C39H22N2O. The molecule has 0 bridgehead atoms. The van der Waals surface area contributed by atoms with Crippen molar-refractivity contribution in [2.75, 3.05) is 0 Å². The van der Waals surface area contributed by atoms with Gasteiger partial charge in [-0.1, -0.05) is 109 Å². The van der Waals surface area contributed by atoms with Crippen LogP contribution in [-0.4, -0.2) is 9.97 Å². The zero-order chi connectivity index (χ0) is 27.4. The lowest BCUT2D eigenvalue weighted by molar-refractivity contribution is 0.629. The fourth-order valence-electron chi connectivity index (χ4n) is 7.72. The van der Waals surface area contributed by atoms with Crippen LogP contribution in [0.4, 0.5) is 0 Å². The van der Waals surface area contributed by atoms with Gasteiger partial charge in [0.05, 0.1) is 22.1 Å². The number of hydrogen-bond donors (Lipinski definition) is 0. The molecule has 3 aromatic heterocycles. The van der Waals surface area contributed by atoms with Gasteiger partial charge in [0.15, 0.2) is 0 Å². The van der Waals surface area contributed by atoms with Gasteiger partial charge in [-0.15, -0.1) is 0 Å². The van der Waals surface area contributed by atoms with Crippen molar-refractivity contribution in [2.45, 2.75) is 5.41 Å². The van der Waals surface area contributed by atoms with Crippen molar-refractivity contribution < 1.29 is 4.42 Å². The number of furan rings is 1. The van der Waals surface area contributed by atoms with Gasteiger partial charge in [-0.3, -0.25) is 4.98 Å². The summed E-state index contributed by atoms with van der Waals surface area (Å²) in [7, 11) is 0. The van der Waals surface area contributed by atoms with Gasteiger partial charge in [-0.2, -0.15) is 0 Å². The smallest absolute Gasteiger partial charge is 0.141 e. The molecular weight excluding hydrogens is 512 g/mol. The van der Waals surface area contributed by atoms with Gasteiger partial charge in [0.2, 0.25) is 0 Å². The van der Waals surface area contributed by atoms with E-state index in [4.69, 9.17) is 14.4 Å². The summed E-state index contributed by atoms with van der Waals surface area (Å²) in [6.45, 7) is 0. The van der Waals surface area contributed by atoms with Crippen LogP contribution in [0.15, 0.2) is 138 Å². The summed E-state index contributed by atoms with van der Waals surface area (Å²) in [6.07, 6.45) is 1.84. The Morgan fingerprint density at radius 3 is 2.02 bits per heavy atom. The molecule has 0 aliphatic heterocycles. The second-order valence-electron chi connectivity index (χ2n) is 11.3. The predicted molar refractivity (Wildman–Crippen MR) is 169 cm³/mol. The van der Waals surface area contributed by atoms with Crippen molar-refractivity contribution in [1.82, 2.24) is 9.97 Å². The highest BCUT2D eigenvalue weighted by Gasteiger charge is 2.54. The van der Waals surface area contributed by atoms with Crippen LogP contribution >= 0.6 is 0 Å². The SMILES string of the molecule is c1ccc2c(c1)-c1ccccc1C21c2cccc(-c3ccc4ccc5cccnc5c4n3)c2-c2oc3ccccc3c21. The van der Waals surface area contributed by atoms with Gasteiger partial charge >= 0.3 is 0 Å². The lowest BCUT2D eigenvalue weighted by Crippen LogP contribution is -2.25. The number of fused-ring (bicyclic) bond motifs is 15. The first kappa shape index (κ1) is 22.2. The molecule has 194 valence electrons. The van der Waals surface area contributed by atoms with Crippen molar-refractivity contribution in [3.63, 3.8) is 0 Å². The summed E-state index contributed by atoms with van der Waals surface area (Å²) in [4.78, 5) is 9.99. The molecule has 10 rings (SSSR count). The molecule has 0 fully saturated rings. The van der Waals surface area contributed by atoms with Crippen LogP contribution in [0.25, 0.3) is 66.5 Å². The number of para-hydroxylation sites is 1.